The van der Waals surface area contributed by atoms with E-state index in [-0.39, 0.29) is 0 Å². The summed E-state index contributed by atoms with van der Waals surface area (Å²) in [5.41, 5.74) is 1.09. The first-order valence-electron chi connectivity index (χ1n) is 4.58. The Morgan fingerprint density at radius 1 is 1.54 bits per heavy atom. The van der Waals surface area contributed by atoms with Crippen molar-refractivity contribution in [2.75, 3.05) is 32.5 Å². The van der Waals surface area contributed by atoms with Crippen molar-refractivity contribution < 1.29 is 0 Å². The lowest BCUT2D eigenvalue weighted by Crippen LogP contribution is -2.16. The van der Waals surface area contributed by atoms with Crippen LogP contribution in [0.5, 0.6) is 0 Å². The molecular weight excluding hydrogens is 164 g/mol. The molecule has 0 spiro atoms. The van der Waals surface area contributed by atoms with Crippen molar-refractivity contribution in [2.45, 2.75) is 13.3 Å². The van der Waals surface area contributed by atoms with E-state index in [2.05, 4.69) is 34.3 Å². The first kappa shape index (κ1) is 10.1. The quantitative estimate of drug-likeness (QED) is 0.670. The van der Waals surface area contributed by atoms with Crippen molar-refractivity contribution in [1.82, 2.24) is 14.9 Å². The van der Waals surface area contributed by atoms with E-state index < -0.39 is 0 Å². The summed E-state index contributed by atoms with van der Waals surface area (Å²) in [4.78, 5) is 9.46. The van der Waals surface area contributed by atoms with Crippen molar-refractivity contribution >= 4 is 5.95 Å². The van der Waals surface area contributed by atoms with Gasteiger partial charge in [-0.3, -0.25) is 0 Å². The Hall–Kier alpha value is -1.03. The topological polar surface area (TPSA) is 44.0 Å². The second kappa shape index (κ2) is 4.87. The molecule has 4 nitrogen and oxygen atoms in total. The van der Waals surface area contributed by atoms with Crippen LogP contribution in [0, 0.1) is 6.92 Å². The zero-order valence-corrected chi connectivity index (χ0v) is 8.59. The molecule has 0 aliphatic carbocycles. The molecule has 1 aromatic heterocycles. The molecule has 1 heterocycles. The van der Waals surface area contributed by atoms with E-state index in [4.69, 9.17) is 0 Å². The molecule has 0 fully saturated rings. The van der Waals surface area contributed by atoms with Crippen molar-refractivity contribution in [2.24, 2.45) is 0 Å². The van der Waals surface area contributed by atoms with Gasteiger partial charge in [0.2, 0.25) is 0 Å². The molecule has 0 atom stereocenters. The van der Waals surface area contributed by atoms with Gasteiger partial charge in [0.15, 0.2) is 5.95 Å². The monoisotopic (exact) mass is 182 g/mol. The lowest BCUT2D eigenvalue weighted by molar-refractivity contribution is 0.405. The number of imidazole rings is 1. The number of nitrogens with one attached hydrogen (secondary N) is 2. The molecule has 4 heteroatoms. The predicted molar refractivity (Wildman–Crippen MR) is 55.0 cm³/mol. The number of hydrogen-bond donors (Lipinski definition) is 2. The van der Waals surface area contributed by atoms with Gasteiger partial charge in [0, 0.05) is 18.4 Å². The van der Waals surface area contributed by atoms with E-state index in [1.54, 1.807) is 0 Å². The maximum atomic E-state index is 4.15. The number of aromatic nitrogens is 2. The molecular formula is C9H18N4. The normalized spacial score (nSPS) is 10.8. The second-order valence-electron chi connectivity index (χ2n) is 3.50. The molecule has 0 amide bonds. The zero-order chi connectivity index (χ0) is 9.68. The van der Waals surface area contributed by atoms with E-state index in [1.165, 1.54) is 0 Å². The Kier molecular flexibility index (Phi) is 3.76. The zero-order valence-electron chi connectivity index (χ0n) is 8.59. The molecule has 0 bridgehead atoms. The first-order valence-corrected chi connectivity index (χ1v) is 4.58. The Balaban J connectivity index is 2.13. The van der Waals surface area contributed by atoms with Crippen molar-refractivity contribution in [3.63, 3.8) is 0 Å². The first-order chi connectivity index (χ1) is 6.18. The van der Waals surface area contributed by atoms with Crippen LogP contribution in [0.15, 0.2) is 6.20 Å². The number of hydrogen-bond acceptors (Lipinski definition) is 3. The highest BCUT2D eigenvalue weighted by atomic mass is 15.1. The van der Waals surface area contributed by atoms with Gasteiger partial charge in [-0.1, -0.05) is 0 Å². The highest BCUT2D eigenvalue weighted by Crippen LogP contribution is 1.99. The lowest BCUT2D eigenvalue weighted by Gasteiger charge is -2.08. The van der Waals surface area contributed by atoms with Gasteiger partial charge in [-0.2, -0.15) is 0 Å². The van der Waals surface area contributed by atoms with E-state index in [9.17, 15) is 0 Å². The summed E-state index contributed by atoms with van der Waals surface area (Å²) < 4.78 is 0. The van der Waals surface area contributed by atoms with Crippen LogP contribution in [-0.4, -0.2) is 42.1 Å². The van der Waals surface area contributed by atoms with Crippen LogP contribution in [0.1, 0.15) is 12.1 Å². The number of H-pyrrole nitrogens is 1. The van der Waals surface area contributed by atoms with Crippen LogP contribution in [0.2, 0.25) is 0 Å². The van der Waals surface area contributed by atoms with E-state index in [1.807, 2.05) is 13.1 Å². The minimum absolute atomic E-state index is 0.872. The summed E-state index contributed by atoms with van der Waals surface area (Å²) in [5, 5.41) is 3.23. The third-order valence-corrected chi connectivity index (χ3v) is 1.78. The molecule has 1 aromatic rings. The minimum atomic E-state index is 0.872. The van der Waals surface area contributed by atoms with Gasteiger partial charge >= 0.3 is 0 Å². The molecule has 0 saturated heterocycles. The molecule has 0 aliphatic rings. The highest BCUT2D eigenvalue weighted by Gasteiger charge is 1.95. The summed E-state index contributed by atoms with van der Waals surface area (Å²) in [6.45, 7) is 4.07. The fraction of sp³-hybridized carbons (Fsp3) is 0.667. The lowest BCUT2D eigenvalue weighted by atomic mass is 10.4. The summed E-state index contributed by atoms with van der Waals surface area (Å²) in [7, 11) is 4.16. The van der Waals surface area contributed by atoms with Crippen molar-refractivity contribution in [3.8, 4) is 0 Å². The van der Waals surface area contributed by atoms with Gasteiger partial charge in [0.25, 0.3) is 0 Å². The highest BCUT2D eigenvalue weighted by molar-refractivity contribution is 5.25. The van der Waals surface area contributed by atoms with Gasteiger partial charge in [0.1, 0.15) is 0 Å². The maximum Gasteiger partial charge on any atom is 0.200 e. The summed E-state index contributed by atoms with van der Waals surface area (Å²) in [5.74, 6) is 0.872. The Labute approximate surface area is 79.4 Å². The predicted octanol–water partition coefficient (Wildman–Crippen LogP) is 1.08. The fourth-order valence-electron chi connectivity index (χ4n) is 1.10. The third-order valence-electron chi connectivity index (χ3n) is 1.78. The number of anilines is 1. The molecule has 13 heavy (non-hydrogen) atoms. The average molecular weight is 182 g/mol. The van der Waals surface area contributed by atoms with Gasteiger partial charge in [0.05, 0.1) is 0 Å². The largest absolute Gasteiger partial charge is 0.356 e. The van der Waals surface area contributed by atoms with Crippen molar-refractivity contribution in [1.29, 1.82) is 0 Å². The molecule has 0 saturated carbocycles. The van der Waals surface area contributed by atoms with Crippen molar-refractivity contribution in [3.05, 3.63) is 11.9 Å². The average Bonchev–Trinajstić information content (AvgIpc) is 2.45. The van der Waals surface area contributed by atoms with Crippen LogP contribution >= 0.6 is 0 Å². The molecule has 0 unspecified atom stereocenters. The van der Waals surface area contributed by atoms with Gasteiger partial charge in [-0.15, -0.1) is 0 Å². The summed E-state index contributed by atoms with van der Waals surface area (Å²) >= 11 is 0. The second-order valence-corrected chi connectivity index (χ2v) is 3.50. The standard InChI is InChI=1S/C9H18N4/c1-8-7-11-9(12-8)10-5-4-6-13(2)3/h7H,4-6H2,1-3H3,(H2,10,11,12). The van der Waals surface area contributed by atoms with Crippen LogP contribution in [0.25, 0.3) is 0 Å². The maximum absolute atomic E-state index is 4.15. The van der Waals surface area contributed by atoms with E-state index in [0.717, 1.165) is 31.2 Å². The van der Waals surface area contributed by atoms with Gasteiger partial charge < -0.3 is 15.2 Å². The molecule has 0 radical (unpaired) electrons. The van der Waals surface area contributed by atoms with E-state index >= 15 is 0 Å². The fourth-order valence-corrected chi connectivity index (χ4v) is 1.10. The Morgan fingerprint density at radius 2 is 2.31 bits per heavy atom. The van der Waals surface area contributed by atoms with Gasteiger partial charge in [-0.05, 0) is 34.0 Å². The number of aryl methyl sites for hydroxylation is 1. The summed E-state index contributed by atoms with van der Waals surface area (Å²) in [6.07, 6.45) is 2.96. The molecule has 0 aliphatic heterocycles. The van der Waals surface area contributed by atoms with E-state index in [0.29, 0.717) is 0 Å². The minimum Gasteiger partial charge on any atom is -0.356 e. The molecule has 2 N–H and O–H groups in total. The number of rotatable bonds is 5. The Bertz CT molecular complexity index is 242. The number of nitrogens with zero attached hydrogens (tertiary/aromatic N) is 2. The van der Waals surface area contributed by atoms with Crippen LogP contribution in [0.4, 0.5) is 5.95 Å². The summed E-state index contributed by atoms with van der Waals surface area (Å²) in [6, 6.07) is 0. The number of aromatic amines is 1. The molecule has 1 rings (SSSR count). The third kappa shape index (κ3) is 3.94. The van der Waals surface area contributed by atoms with Crippen LogP contribution in [0.3, 0.4) is 0 Å². The van der Waals surface area contributed by atoms with Crippen LogP contribution in [-0.2, 0) is 0 Å². The molecule has 74 valence electrons. The smallest absolute Gasteiger partial charge is 0.200 e. The van der Waals surface area contributed by atoms with Gasteiger partial charge in [-0.25, -0.2) is 4.98 Å². The molecule has 0 aromatic carbocycles. The van der Waals surface area contributed by atoms with Crippen LogP contribution < -0.4 is 5.32 Å². The Morgan fingerprint density at radius 3 is 2.85 bits per heavy atom. The SMILES string of the molecule is Cc1cnc(NCCCN(C)C)[nH]1.